The first-order valence-corrected chi connectivity index (χ1v) is 5.56. The molecule has 19 heavy (non-hydrogen) atoms. The molecule has 0 unspecified atom stereocenters. The second-order valence-electron chi connectivity index (χ2n) is 4.24. The highest BCUT2D eigenvalue weighted by atomic mass is 19.4. The molecule has 9 heteroatoms. The number of fused-ring (bicyclic) bond motifs is 1. The summed E-state index contributed by atoms with van der Waals surface area (Å²) in [4.78, 5) is 1.95. The molecule has 2 aromatic heterocycles. The van der Waals surface area contributed by atoms with Gasteiger partial charge in [0, 0.05) is 13.1 Å². The predicted molar refractivity (Wildman–Crippen MR) is 62.8 cm³/mol. The zero-order chi connectivity index (χ0) is 14.0. The van der Waals surface area contributed by atoms with E-state index >= 15 is 0 Å². The van der Waals surface area contributed by atoms with Crippen molar-refractivity contribution in [3.05, 3.63) is 18.0 Å². The van der Waals surface area contributed by atoms with Gasteiger partial charge in [-0.2, -0.15) is 17.7 Å². The molecule has 2 heterocycles. The Bertz CT molecular complexity index is 562. The lowest BCUT2D eigenvalue weighted by atomic mass is 10.5. The van der Waals surface area contributed by atoms with Gasteiger partial charge in [0.15, 0.2) is 5.65 Å². The molecule has 0 radical (unpaired) electrons. The molecule has 6 nitrogen and oxygen atoms in total. The molecular weight excluding hydrogens is 261 g/mol. The van der Waals surface area contributed by atoms with Crippen molar-refractivity contribution >= 4 is 11.5 Å². The van der Waals surface area contributed by atoms with E-state index in [1.54, 1.807) is 6.07 Å². The fraction of sp³-hybridized carbons (Fsp3) is 0.500. The summed E-state index contributed by atoms with van der Waals surface area (Å²) < 4.78 is 38.6. The second kappa shape index (κ2) is 5.00. The van der Waals surface area contributed by atoms with E-state index in [1.807, 2.05) is 19.0 Å². The molecule has 0 aliphatic carbocycles. The van der Waals surface area contributed by atoms with Gasteiger partial charge < -0.3 is 10.2 Å². The van der Waals surface area contributed by atoms with Crippen molar-refractivity contribution < 1.29 is 13.2 Å². The highest BCUT2D eigenvalue weighted by molar-refractivity contribution is 5.44. The summed E-state index contributed by atoms with van der Waals surface area (Å²) in [6.07, 6.45) is -4.57. The van der Waals surface area contributed by atoms with Gasteiger partial charge >= 0.3 is 6.18 Å². The molecule has 0 spiro atoms. The number of nitrogens with zero attached hydrogens (tertiary/aromatic N) is 5. The van der Waals surface area contributed by atoms with Crippen molar-refractivity contribution in [2.45, 2.75) is 6.18 Å². The van der Waals surface area contributed by atoms with E-state index in [2.05, 4.69) is 20.6 Å². The van der Waals surface area contributed by atoms with Gasteiger partial charge in [-0.15, -0.1) is 15.3 Å². The molecule has 0 atom stereocenters. The van der Waals surface area contributed by atoms with E-state index in [4.69, 9.17) is 0 Å². The van der Waals surface area contributed by atoms with Gasteiger partial charge in [0.2, 0.25) is 0 Å². The van der Waals surface area contributed by atoms with E-state index in [0.717, 1.165) is 6.54 Å². The van der Waals surface area contributed by atoms with Gasteiger partial charge in [-0.3, -0.25) is 0 Å². The molecule has 0 aliphatic rings. The first kappa shape index (κ1) is 13.5. The minimum Gasteiger partial charge on any atom is -0.367 e. The van der Waals surface area contributed by atoms with Crippen molar-refractivity contribution in [3.63, 3.8) is 0 Å². The number of nitrogens with one attached hydrogen (secondary N) is 1. The van der Waals surface area contributed by atoms with Crippen LogP contribution in [0.15, 0.2) is 12.1 Å². The van der Waals surface area contributed by atoms with Crippen molar-refractivity contribution in [3.8, 4) is 0 Å². The Labute approximate surface area is 107 Å². The van der Waals surface area contributed by atoms with E-state index in [-0.39, 0.29) is 5.65 Å². The number of alkyl halides is 3. The van der Waals surface area contributed by atoms with E-state index in [0.29, 0.717) is 16.9 Å². The van der Waals surface area contributed by atoms with Crippen molar-refractivity contribution in [2.75, 3.05) is 32.5 Å². The fourth-order valence-electron chi connectivity index (χ4n) is 1.47. The molecule has 0 aliphatic heterocycles. The van der Waals surface area contributed by atoms with E-state index in [9.17, 15) is 13.2 Å². The average Bonchev–Trinajstić information content (AvgIpc) is 2.71. The normalized spacial score (nSPS) is 12.3. The lowest BCUT2D eigenvalue weighted by molar-refractivity contribution is -0.146. The molecule has 0 fully saturated rings. The number of anilines is 1. The van der Waals surface area contributed by atoms with Crippen molar-refractivity contribution in [1.29, 1.82) is 0 Å². The maximum absolute atomic E-state index is 12.7. The smallest absolute Gasteiger partial charge is 0.367 e. The largest absolute Gasteiger partial charge is 0.453 e. The van der Waals surface area contributed by atoms with Crippen LogP contribution in [-0.4, -0.2) is 51.9 Å². The van der Waals surface area contributed by atoms with E-state index < -0.39 is 12.0 Å². The summed E-state index contributed by atoms with van der Waals surface area (Å²) in [7, 11) is 3.81. The predicted octanol–water partition coefficient (Wildman–Crippen LogP) is 1.12. The van der Waals surface area contributed by atoms with Gasteiger partial charge in [0.25, 0.3) is 5.82 Å². The highest BCUT2D eigenvalue weighted by Crippen LogP contribution is 2.27. The molecule has 0 bridgehead atoms. The van der Waals surface area contributed by atoms with Crippen LogP contribution in [0.3, 0.4) is 0 Å². The highest BCUT2D eigenvalue weighted by Gasteiger charge is 2.37. The lowest BCUT2D eigenvalue weighted by Gasteiger charge is -2.11. The Morgan fingerprint density at radius 1 is 1.26 bits per heavy atom. The first-order valence-electron chi connectivity index (χ1n) is 5.56. The molecule has 2 aromatic rings. The third-order valence-electron chi connectivity index (χ3n) is 2.38. The fourth-order valence-corrected chi connectivity index (χ4v) is 1.47. The van der Waals surface area contributed by atoms with Crippen LogP contribution in [0.25, 0.3) is 5.65 Å². The Morgan fingerprint density at radius 3 is 2.63 bits per heavy atom. The number of aromatic nitrogens is 4. The summed E-state index contributed by atoms with van der Waals surface area (Å²) in [5, 5.41) is 13.3. The van der Waals surface area contributed by atoms with Crippen LogP contribution in [0.4, 0.5) is 19.0 Å². The molecule has 1 N–H and O–H groups in total. The standard InChI is InChI=1S/C10H13F3N6/c1-18(2)6-5-14-7-3-4-8-15-16-9(10(11,12)13)19(8)17-7/h3-4H,5-6H2,1-2H3,(H,14,17). The molecule has 0 amide bonds. The summed E-state index contributed by atoms with van der Waals surface area (Å²) in [5.74, 6) is -0.779. The quantitative estimate of drug-likeness (QED) is 0.905. The van der Waals surface area contributed by atoms with Gasteiger partial charge in [-0.05, 0) is 26.2 Å². The van der Waals surface area contributed by atoms with Crippen LogP contribution >= 0.6 is 0 Å². The van der Waals surface area contributed by atoms with Gasteiger partial charge in [-0.25, -0.2) is 0 Å². The second-order valence-corrected chi connectivity index (χ2v) is 4.24. The lowest BCUT2D eigenvalue weighted by Crippen LogP contribution is -2.21. The third-order valence-corrected chi connectivity index (χ3v) is 2.38. The monoisotopic (exact) mass is 274 g/mol. The zero-order valence-corrected chi connectivity index (χ0v) is 10.4. The van der Waals surface area contributed by atoms with Crippen LogP contribution < -0.4 is 5.32 Å². The Balaban J connectivity index is 2.23. The Kier molecular flexibility index (Phi) is 3.56. The maximum atomic E-state index is 12.7. The SMILES string of the molecule is CN(C)CCNc1ccc2nnc(C(F)(F)F)n2n1. The third kappa shape index (κ3) is 3.11. The molecule has 0 saturated carbocycles. The van der Waals surface area contributed by atoms with Crippen LogP contribution in [-0.2, 0) is 6.18 Å². The zero-order valence-electron chi connectivity index (χ0n) is 10.4. The minimum atomic E-state index is -4.57. The van der Waals surface area contributed by atoms with Crippen molar-refractivity contribution in [1.82, 2.24) is 24.7 Å². The summed E-state index contributed by atoms with van der Waals surface area (Å²) in [5.41, 5.74) is 0.0606. The number of hydrogen-bond donors (Lipinski definition) is 1. The summed E-state index contributed by atoms with van der Waals surface area (Å²) >= 11 is 0. The topological polar surface area (TPSA) is 58.3 Å². The molecule has 0 aromatic carbocycles. The van der Waals surface area contributed by atoms with Crippen LogP contribution in [0, 0.1) is 0 Å². The summed E-state index contributed by atoms with van der Waals surface area (Å²) in [6.45, 7) is 1.32. The molecular formula is C10H13F3N6. The van der Waals surface area contributed by atoms with Gasteiger partial charge in [0.05, 0.1) is 0 Å². The average molecular weight is 274 g/mol. The van der Waals surface area contributed by atoms with Crippen LogP contribution in [0.1, 0.15) is 5.82 Å². The number of hydrogen-bond acceptors (Lipinski definition) is 5. The number of likely N-dealkylation sites (N-methyl/N-ethyl adjacent to an activating group) is 1. The number of halogens is 3. The Morgan fingerprint density at radius 2 is 2.00 bits per heavy atom. The van der Waals surface area contributed by atoms with Crippen LogP contribution in [0.2, 0.25) is 0 Å². The van der Waals surface area contributed by atoms with E-state index in [1.165, 1.54) is 6.07 Å². The number of rotatable bonds is 4. The van der Waals surface area contributed by atoms with Gasteiger partial charge in [-0.1, -0.05) is 0 Å². The molecule has 0 saturated heterocycles. The first-order chi connectivity index (χ1) is 8.88. The van der Waals surface area contributed by atoms with Gasteiger partial charge in [0.1, 0.15) is 5.82 Å². The van der Waals surface area contributed by atoms with Crippen molar-refractivity contribution in [2.24, 2.45) is 0 Å². The maximum Gasteiger partial charge on any atom is 0.453 e. The molecule has 104 valence electrons. The molecule has 2 rings (SSSR count). The minimum absolute atomic E-state index is 0.0606. The van der Waals surface area contributed by atoms with Crippen LogP contribution in [0.5, 0.6) is 0 Å². The Hall–Kier alpha value is -1.90. The summed E-state index contributed by atoms with van der Waals surface area (Å²) in [6, 6.07) is 3.01.